The van der Waals surface area contributed by atoms with Crippen molar-refractivity contribution >= 4 is 104 Å². The largest absolute Gasteiger partial charge is 0.397 e. The molecule has 0 atom stereocenters. The van der Waals surface area contributed by atoms with Gasteiger partial charge < -0.3 is 26.4 Å². The average molecular weight is 878 g/mol. The van der Waals surface area contributed by atoms with Gasteiger partial charge in [-0.2, -0.15) is 45.3 Å². The third kappa shape index (κ3) is 10.8. The highest BCUT2D eigenvalue weighted by Gasteiger charge is 2.24. The van der Waals surface area contributed by atoms with Crippen molar-refractivity contribution in [2.75, 3.05) is 60.3 Å². The van der Waals surface area contributed by atoms with E-state index in [0.29, 0.717) is 32.4 Å². The predicted molar refractivity (Wildman–Crippen MR) is 197 cm³/mol. The molecule has 0 unspecified atom stereocenters. The smallest absolute Gasteiger partial charge is 0.396 e. The Hall–Kier alpha value is -5.04. The number of rotatable bonds is 14. The number of hydrogen-bond donors (Lipinski definition) is 6. The van der Waals surface area contributed by atoms with Crippen LogP contribution in [-0.4, -0.2) is 101 Å². The molecule has 1 aliphatic rings. The number of benzene rings is 3. The van der Waals surface area contributed by atoms with Crippen LogP contribution in [0.2, 0.25) is 5.28 Å². The van der Waals surface area contributed by atoms with Crippen LogP contribution < -0.4 is 21.7 Å². The van der Waals surface area contributed by atoms with Crippen molar-refractivity contribution in [1.82, 2.24) is 15.0 Å². The van der Waals surface area contributed by atoms with Crippen molar-refractivity contribution in [2.24, 2.45) is 20.5 Å². The van der Waals surface area contributed by atoms with Gasteiger partial charge in [0.05, 0.1) is 47.5 Å². The fraction of sp³-hybridized carbons (Fsp3) is 0.222. The Morgan fingerprint density at radius 3 is 2.05 bits per heavy atom. The number of ether oxygens (including phenoxy) is 1. The van der Waals surface area contributed by atoms with Gasteiger partial charge >= 0.3 is 10.4 Å². The van der Waals surface area contributed by atoms with Crippen molar-refractivity contribution in [2.45, 2.75) is 14.7 Å². The molecule has 0 saturated carbocycles. The Kier molecular flexibility index (Phi) is 12.5. The molecule has 4 aromatic rings. The first-order valence-corrected chi connectivity index (χ1v) is 21.5. The minimum atomic E-state index is -5.09. The Morgan fingerprint density at radius 2 is 1.43 bits per heavy atom. The number of anilines is 5. The lowest BCUT2D eigenvalue weighted by Crippen LogP contribution is -2.37. The highest BCUT2D eigenvalue weighted by molar-refractivity contribution is 7.91. The SMILES string of the molecule is Nc1c(N=Nc2cc(Nc3nc(Cl)nc(N4CCOCC4)n3)ccc2S(=O)(=O)O)cc(S(=O)(=O)O)c(N)c1N=Nc1ccc(S(=O)(=O)CCOS(=O)(=O)O)cc1. The maximum absolute atomic E-state index is 12.5. The molecule has 0 aliphatic carbocycles. The Labute approximate surface area is 323 Å². The number of halogens is 1. The van der Waals surface area contributed by atoms with Gasteiger partial charge in [-0.1, -0.05) is 0 Å². The summed E-state index contributed by atoms with van der Waals surface area (Å²) in [5.74, 6) is -0.623. The zero-order valence-corrected chi connectivity index (χ0v) is 32.1. The Morgan fingerprint density at radius 1 is 0.786 bits per heavy atom. The van der Waals surface area contributed by atoms with E-state index < -0.39 is 91.1 Å². The van der Waals surface area contributed by atoms with E-state index in [4.69, 9.17) is 32.4 Å². The molecule has 0 amide bonds. The van der Waals surface area contributed by atoms with Crippen LogP contribution in [0, 0.1) is 0 Å². The molecule has 3 aromatic carbocycles. The first kappa shape index (κ1) is 42.1. The van der Waals surface area contributed by atoms with Gasteiger partial charge in [0.1, 0.15) is 26.9 Å². The molecule has 0 bridgehead atoms. The third-order valence-electron chi connectivity index (χ3n) is 7.29. The second-order valence-electron chi connectivity index (χ2n) is 11.1. The van der Waals surface area contributed by atoms with Crippen LogP contribution in [0.1, 0.15) is 0 Å². The van der Waals surface area contributed by atoms with E-state index in [1.807, 2.05) is 0 Å². The molecule has 1 aliphatic heterocycles. The molecule has 1 saturated heterocycles. The molecule has 56 heavy (non-hydrogen) atoms. The summed E-state index contributed by atoms with van der Waals surface area (Å²) >= 11 is 6.11. The number of morpholine rings is 1. The van der Waals surface area contributed by atoms with Crippen LogP contribution in [0.3, 0.4) is 0 Å². The highest BCUT2D eigenvalue weighted by atomic mass is 35.5. The standard InChI is InChI=1S/C27H28ClN11O13S4/c28-25-32-26(34-27(33-25)39-7-9-51-10-8-39)31-16-3-6-20(54(42,43)44)18(13-16)36-37-19-14-21(55(45,46)47)23(30)24(22(19)29)38-35-15-1-4-17(5-2-15)53(40,41)12-11-52-56(48,49)50/h1-6,13-14H,7-12,29-30H2,(H,42,43,44)(H,45,46,47)(H,48,49,50)(H,31,32,33,34). The van der Waals surface area contributed by atoms with Crippen LogP contribution in [-0.2, 0) is 49.4 Å². The van der Waals surface area contributed by atoms with E-state index in [1.165, 1.54) is 6.07 Å². The van der Waals surface area contributed by atoms with Gasteiger partial charge in [0.15, 0.2) is 9.84 Å². The first-order chi connectivity index (χ1) is 26.1. The lowest BCUT2D eigenvalue weighted by molar-refractivity contribution is 0.122. The topological polar surface area (TPSA) is 371 Å². The molecule has 300 valence electrons. The summed E-state index contributed by atoms with van der Waals surface area (Å²) in [6.07, 6.45) is 0. The molecule has 24 nitrogen and oxygen atoms in total. The van der Waals surface area contributed by atoms with E-state index in [2.05, 4.69) is 44.9 Å². The number of sulfone groups is 1. The normalized spacial score (nSPS) is 14.5. The molecule has 1 fully saturated rings. The van der Waals surface area contributed by atoms with Gasteiger partial charge in [-0.15, -0.1) is 15.3 Å². The van der Waals surface area contributed by atoms with E-state index in [-0.39, 0.29) is 33.5 Å². The van der Waals surface area contributed by atoms with Gasteiger partial charge in [0.2, 0.25) is 17.2 Å². The zero-order valence-electron chi connectivity index (χ0n) is 28.0. The molecule has 0 spiro atoms. The molecule has 0 radical (unpaired) electrons. The zero-order chi connectivity index (χ0) is 41.1. The van der Waals surface area contributed by atoms with Gasteiger partial charge in [-0.05, 0) is 60.1 Å². The lowest BCUT2D eigenvalue weighted by atomic mass is 10.2. The number of nitrogens with zero attached hydrogens (tertiary/aromatic N) is 8. The van der Waals surface area contributed by atoms with Gasteiger partial charge in [0, 0.05) is 18.8 Å². The Balaban J connectivity index is 1.47. The summed E-state index contributed by atoms with van der Waals surface area (Å²) in [7, 11) is -19.0. The number of hydrogen-bond acceptors (Lipinski definition) is 21. The minimum Gasteiger partial charge on any atom is -0.396 e. The molecular weight excluding hydrogens is 850 g/mol. The maximum Gasteiger partial charge on any atom is 0.397 e. The second-order valence-corrected chi connectivity index (χ2v) is 17.4. The molecule has 2 heterocycles. The molecular formula is C27H28ClN11O13S4. The fourth-order valence-electron chi connectivity index (χ4n) is 4.69. The summed E-state index contributed by atoms with van der Waals surface area (Å²) < 4.78 is 133. The molecule has 1 aromatic heterocycles. The van der Waals surface area contributed by atoms with E-state index in [0.717, 1.165) is 36.4 Å². The molecule has 29 heteroatoms. The fourth-order valence-corrected chi connectivity index (χ4v) is 7.57. The summed E-state index contributed by atoms with van der Waals surface area (Å²) in [6, 6.07) is 8.50. The molecule has 5 rings (SSSR count). The van der Waals surface area contributed by atoms with Crippen LogP contribution in [0.15, 0.2) is 83.7 Å². The van der Waals surface area contributed by atoms with Crippen LogP contribution in [0.25, 0.3) is 0 Å². The van der Waals surface area contributed by atoms with Crippen molar-refractivity contribution in [3.63, 3.8) is 0 Å². The van der Waals surface area contributed by atoms with E-state index >= 15 is 0 Å². The highest BCUT2D eigenvalue weighted by Crippen LogP contribution is 2.43. The Bertz CT molecular complexity index is 2660. The third-order valence-corrected chi connectivity index (χ3v) is 11.4. The number of azo groups is 2. The van der Waals surface area contributed by atoms with Crippen molar-refractivity contribution in [3.05, 3.63) is 53.8 Å². The molecule has 8 N–H and O–H groups in total. The number of nitrogen functional groups attached to an aromatic ring is 2. The summed E-state index contributed by atoms with van der Waals surface area (Å²) in [4.78, 5) is 12.3. The van der Waals surface area contributed by atoms with Crippen LogP contribution in [0.5, 0.6) is 0 Å². The average Bonchev–Trinajstić information content (AvgIpc) is 3.10. The van der Waals surface area contributed by atoms with E-state index in [1.54, 1.807) is 4.90 Å². The number of nitrogens with two attached hydrogens (primary N) is 2. The van der Waals surface area contributed by atoms with Crippen molar-refractivity contribution in [1.29, 1.82) is 0 Å². The first-order valence-electron chi connectivity index (χ1n) is 15.2. The second kappa shape index (κ2) is 16.6. The van der Waals surface area contributed by atoms with Crippen LogP contribution in [0.4, 0.5) is 51.7 Å². The maximum atomic E-state index is 12.5. The summed E-state index contributed by atoms with van der Waals surface area (Å²) in [5, 5.41) is 18.1. The minimum absolute atomic E-state index is 0.0315. The van der Waals surface area contributed by atoms with Gasteiger partial charge in [0.25, 0.3) is 20.2 Å². The van der Waals surface area contributed by atoms with Crippen LogP contribution >= 0.6 is 11.6 Å². The van der Waals surface area contributed by atoms with Gasteiger partial charge in [-0.3, -0.25) is 13.7 Å². The van der Waals surface area contributed by atoms with Crippen molar-refractivity contribution in [3.8, 4) is 0 Å². The summed E-state index contributed by atoms with van der Waals surface area (Å²) in [6.45, 7) is 0.950. The predicted octanol–water partition coefficient (Wildman–Crippen LogP) is 3.19. The quantitative estimate of drug-likeness (QED) is 0.0601. The number of aromatic nitrogens is 3. The van der Waals surface area contributed by atoms with Gasteiger partial charge in [-0.25, -0.2) is 12.6 Å². The van der Waals surface area contributed by atoms with E-state index in [9.17, 15) is 42.8 Å². The monoisotopic (exact) mass is 877 g/mol. The lowest BCUT2D eigenvalue weighted by Gasteiger charge is -2.26. The van der Waals surface area contributed by atoms with Crippen molar-refractivity contribution < 1.29 is 56.2 Å². The summed E-state index contributed by atoms with van der Waals surface area (Å²) in [5.41, 5.74) is 9.49. The number of nitrogens with one attached hydrogen (secondary N) is 1.